The van der Waals surface area contributed by atoms with E-state index in [1.54, 1.807) is 32.2 Å². The standard InChI is InChI=1S/C14H16N2O2S/c1-10-11(5-3-7-15-10)13(17)16-9-14(2,18)12-6-4-8-19-12/h3-8,18H,9H2,1-2H3,(H,16,17). The molecule has 0 saturated carbocycles. The smallest absolute Gasteiger partial charge is 0.253 e. The van der Waals surface area contributed by atoms with Crippen molar-refractivity contribution < 1.29 is 9.90 Å². The van der Waals surface area contributed by atoms with Crippen LogP contribution in [0.3, 0.4) is 0 Å². The molecule has 2 aromatic rings. The molecule has 0 aromatic carbocycles. The molecule has 2 heterocycles. The van der Waals surface area contributed by atoms with E-state index in [1.165, 1.54) is 11.3 Å². The fraction of sp³-hybridized carbons (Fsp3) is 0.286. The lowest BCUT2D eigenvalue weighted by atomic mass is 10.0. The van der Waals surface area contributed by atoms with Gasteiger partial charge in [-0.2, -0.15) is 0 Å². The van der Waals surface area contributed by atoms with E-state index < -0.39 is 5.60 Å². The summed E-state index contributed by atoms with van der Waals surface area (Å²) in [6, 6.07) is 7.17. The van der Waals surface area contributed by atoms with Crippen molar-refractivity contribution in [1.29, 1.82) is 0 Å². The van der Waals surface area contributed by atoms with Gasteiger partial charge in [0, 0.05) is 16.8 Å². The summed E-state index contributed by atoms with van der Waals surface area (Å²) in [4.78, 5) is 16.9. The van der Waals surface area contributed by atoms with Gasteiger partial charge in [0.1, 0.15) is 5.60 Å². The highest BCUT2D eigenvalue weighted by atomic mass is 32.1. The number of amides is 1. The van der Waals surface area contributed by atoms with Crippen molar-refractivity contribution in [2.24, 2.45) is 0 Å². The number of nitrogens with zero attached hydrogens (tertiary/aromatic N) is 1. The second kappa shape index (κ2) is 5.50. The molecule has 5 heteroatoms. The number of nitrogens with one attached hydrogen (secondary N) is 1. The average Bonchev–Trinajstić information content (AvgIpc) is 2.91. The first-order chi connectivity index (χ1) is 9.00. The third-order valence-corrected chi connectivity index (χ3v) is 4.02. The van der Waals surface area contributed by atoms with Gasteiger partial charge < -0.3 is 10.4 Å². The largest absolute Gasteiger partial charge is 0.383 e. The van der Waals surface area contributed by atoms with E-state index in [9.17, 15) is 9.90 Å². The zero-order valence-electron chi connectivity index (χ0n) is 10.9. The Bertz CT molecular complexity index is 565. The summed E-state index contributed by atoms with van der Waals surface area (Å²) in [6.45, 7) is 3.64. The Kier molecular flexibility index (Phi) is 3.97. The van der Waals surface area contributed by atoms with Crippen molar-refractivity contribution in [1.82, 2.24) is 10.3 Å². The number of hydrogen-bond donors (Lipinski definition) is 2. The summed E-state index contributed by atoms with van der Waals surface area (Å²) in [5, 5.41) is 15.0. The molecule has 0 fully saturated rings. The third-order valence-electron chi connectivity index (χ3n) is 2.90. The summed E-state index contributed by atoms with van der Waals surface area (Å²) in [7, 11) is 0. The zero-order chi connectivity index (χ0) is 13.9. The maximum absolute atomic E-state index is 12.0. The highest BCUT2D eigenvalue weighted by molar-refractivity contribution is 7.10. The number of carbonyl (C=O) groups is 1. The van der Waals surface area contributed by atoms with Gasteiger partial charge in [-0.3, -0.25) is 9.78 Å². The molecule has 0 radical (unpaired) electrons. The van der Waals surface area contributed by atoms with E-state index in [0.717, 1.165) is 4.88 Å². The Morgan fingerprint density at radius 1 is 1.47 bits per heavy atom. The Morgan fingerprint density at radius 2 is 2.26 bits per heavy atom. The first-order valence-corrected chi connectivity index (χ1v) is 6.85. The second-order valence-corrected chi connectivity index (χ2v) is 5.52. The van der Waals surface area contributed by atoms with E-state index in [1.807, 2.05) is 17.5 Å². The van der Waals surface area contributed by atoms with Crippen LogP contribution >= 0.6 is 11.3 Å². The lowest BCUT2D eigenvalue weighted by molar-refractivity contribution is 0.0556. The normalized spacial score (nSPS) is 13.8. The molecule has 2 aromatic heterocycles. The first-order valence-electron chi connectivity index (χ1n) is 5.97. The number of aliphatic hydroxyl groups is 1. The first kappa shape index (κ1) is 13.7. The van der Waals surface area contributed by atoms with Crippen molar-refractivity contribution in [3.8, 4) is 0 Å². The molecule has 0 aliphatic heterocycles. The minimum atomic E-state index is -1.06. The van der Waals surface area contributed by atoms with Crippen LogP contribution in [0.5, 0.6) is 0 Å². The number of thiophene rings is 1. The lowest BCUT2D eigenvalue weighted by Gasteiger charge is -2.22. The zero-order valence-corrected chi connectivity index (χ0v) is 11.7. The molecule has 2 N–H and O–H groups in total. The molecular weight excluding hydrogens is 260 g/mol. The lowest BCUT2D eigenvalue weighted by Crippen LogP contribution is -2.38. The van der Waals surface area contributed by atoms with Crippen LogP contribution in [0, 0.1) is 6.92 Å². The van der Waals surface area contributed by atoms with Crippen molar-refractivity contribution in [2.45, 2.75) is 19.4 Å². The van der Waals surface area contributed by atoms with E-state index in [0.29, 0.717) is 11.3 Å². The predicted octanol–water partition coefficient (Wildman–Crippen LogP) is 2.09. The maximum Gasteiger partial charge on any atom is 0.253 e. The fourth-order valence-corrected chi connectivity index (χ4v) is 2.53. The van der Waals surface area contributed by atoms with Gasteiger partial charge in [0.05, 0.1) is 12.1 Å². The molecule has 4 nitrogen and oxygen atoms in total. The molecule has 1 amide bonds. The van der Waals surface area contributed by atoms with Crippen molar-refractivity contribution >= 4 is 17.2 Å². The van der Waals surface area contributed by atoms with Gasteiger partial charge in [-0.15, -0.1) is 11.3 Å². The van der Waals surface area contributed by atoms with Crippen LogP contribution in [0.1, 0.15) is 27.9 Å². The summed E-state index contributed by atoms with van der Waals surface area (Å²) in [5.41, 5.74) is 0.153. The van der Waals surface area contributed by atoms with Crippen LogP contribution in [0.15, 0.2) is 35.8 Å². The molecule has 1 atom stereocenters. The average molecular weight is 276 g/mol. The van der Waals surface area contributed by atoms with E-state index in [-0.39, 0.29) is 12.5 Å². The quantitative estimate of drug-likeness (QED) is 0.899. The summed E-state index contributed by atoms with van der Waals surface area (Å²) in [5.74, 6) is -0.220. The van der Waals surface area contributed by atoms with Gasteiger partial charge in [0.2, 0.25) is 0 Å². The summed E-state index contributed by atoms with van der Waals surface area (Å²) in [6.07, 6.45) is 1.65. The van der Waals surface area contributed by atoms with Gasteiger partial charge in [-0.05, 0) is 37.4 Å². The molecular formula is C14H16N2O2S. The van der Waals surface area contributed by atoms with Gasteiger partial charge in [0.25, 0.3) is 5.91 Å². The number of aryl methyl sites for hydroxylation is 1. The fourth-order valence-electron chi connectivity index (χ4n) is 1.74. The predicted molar refractivity (Wildman–Crippen MR) is 75.2 cm³/mol. The summed E-state index contributed by atoms with van der Waals surface area (Å²) >= 11 is 1.47. The molecule has 0 spiro atoms. The number of carbonyl (C=O) groups excluding carboxylic acids is 1. The molecule has 0 aliphatic carbocycles. The minimum absolute atomic E-state index is 0.167. The van der Waals surface area contributed by atoms with Crippen LogP contribution in [-0.4, -0.2) is 22.5 Å². The van der Waals surface area contributed by atoms with Crippen LogP contribution < -0.4 is 5.32 Å². The van der Waals surface area contributed by atoms with Crippen LogP contribution in [0.4, 0.5) is 0 Å². The third kappa shape index (κ3) is 3.19. The number of hydrogen-bond acceptors (Lipinski definition) is 4. The number of pyridine rings is 1. The van der Waals surface area contributed by atoms with E-state index in [4.69, 9.17) is 0 Å². The minimum Gasteiger partial charge on any atom is -0.383 e. The molecule has 0 aliphatic rings. The van der Waals surface area contributed by atoms with E-state index in [2.05, 4.69) is 10.3 Å². The van der Waals surface area contributed by atoms with Gasteiger partial charge in [0.15, 0.2) is 0 Å². The van der Waals surface area contributed by atoms with Gasteiger partial charge in [-0.25, -0.2) is 0 Å². The van der Waals surface area contributed by atoms with Gasteiger partial charge >= 0.3 is 0 Å². The Morgan fingerprint density at radius 3 is 2.89 bits per heavy atom. The van der Waals surface area contributed by atoms with Crippen LogP contribution in [-0.2, 0) is 5.60 Å². The Labute approximate surface area is 116 Å². The maximum atomic E-state index is 12.0. The topological polar surface area (TPSA) is 62.2 Å². The molecule has 19 heavy (non-hydrogen) atoms. The Hall–Kier alpha value is -1.72. The highest BCUT2D eigenvalue weighted by Crippen LogP contribution is 2.24. The molecule has 2 rings (SSSR count). The summed E-state index contributed by atoms with van der Waals surface area (Å²) < 4.78 is 0. The molecule has 100 valence electrons. The molecule has 1 unspecified atom stereocenters. The van der Waals surface area contributed by atoms with Crippen LogP contribution in [0.2, 0.25) is 0 Å². The second-order valence-electron chi connectivity index (χ2n) is 4.57. The monoisotopic (exact) mass is 276 g/mol. The SMILES string of the molecule is Cc1ncccc1C(=O)NCC(C)(O)c1cccs1. The number of aromatic nitrogens is 1. The van der Waals surface area contributed by atoms with E-state index >= 15 is 0 Å². The molecule has 0 bridgehead atoms. The van der Waals surface area contributed by atoms with Crippen molar-refractivity contribution in [3.63, 3.8) is 0 Å². The highest BCUT2D eigenvalue weighted by Gasteiger charge is 2.25. The van der Waals surface area contributed by atoms with Crippen molar-refractivity contribution in [2.75, 3.05) is 6.54 Å². The van der Waals surface area contributed by atoms with Crippen molar-refractivity contribution in [3.05, 3.63) is 52.0 Å². The molecule has 0 saturated heterocycles. The number of rotatable bonds is 4. The Balaban J connectivity index is 2.03. The van der Waals surface area contributed by atoms with Crippen LogP contribution in [0.25, 0.3) is 0 Å². The van der Waals surface area contributed by atoms with Gasteiger partial charge in [-0.1, -0.05) is 6.07 Å².